The van der Waals surface area contributed by atoms with Gasteiger partial charge in [0.25, 0.3) is 0 Å². The Bertz CT molecular complexity index is 179. The molecule has 0 spiro atoms. The van der Waals surface area contributed by atoms with E-state index in [-0.39, 0.29) is 0 Å². The minimum Gasteiger partial charge on any atom is -0.330 e. The molecule has 0 aliphatic heterocycles. The number of hydrogen-bond acceptors (Lipinski definition) is 3. The van der Waals surface area contributed by atoms with Gasteiger partial charge in [0, 0.05) is 6.04 Å². The van der Waals surface area contributed by atoms with Crippen LogP contribution in [0.1, 0.15) is 47.5 Å². The highest BCUT2D eigenvalue weighted by atomic mass is 15.1. The van der Waals surface area contributed by atoms with Gasteiger partial charge in [-0.1, -0.05) is 27.7 Å². The van der Waals surface area contributed by atoms with E-state index in [0.29, 0.717) is 17.9 Å². The Morgan fingerprint density at radius 1 is 1.11 bits per heavy atom. The van der Waals surface area contributed by atoms with Gasteiger partial charge in [-0.15, -0.1) is 0 Å². The fraction of sp³-hybridized carbons (Fsp3) is 1.00. The maximum atomic E-state index is 5.79. The van der Waals surface area contributed by atoms with Gasteiger partial charge in [0.15, 0.2) is 0 Å². The predicted octanol–water partition coefficient (Wildman–Crippen LogP) is 2.32. The van der Waals surface area contributed by atoms with Crippen LogP contribution in [-0.2, 0) is 0 Å². The zero-order valence-electron chi connectivity index (χ0n) is 13.2. The summed E-state index contributed by atoms with van der Waals surface area (Å²) >= 11 is 0. The monoisotopic (exact) mass is 257 g/mol. The number of nitrogens with two attached hydrogens (primary N) is 1. The van der Waals surface area contributed by atoms with E-state index >= 15 is 0 Å². The van der Waals surface area contributed by atoms with Crippen molar-refractivity contribution in [1.29, 1.82) is 0 Å². The smallest absolute Gasteiger partial charge is 0.00393 e. The van der Waals surface area contributed by atoms with Gasteiger partial charge in [-0.25, -0.2) is 0 Å². The van der Waals surface area contributed by atoms with Crippen LogP contribution in [0.25, 0.3) is 0 Å². The molecule has 0 aromatic carbocycles. The normalized spacial score (nSPS) is 15.3. The van der Waals surface area contributed by atoms with Crippen LogP contribution in [-0.4, -0.2) is 43.7 Å². The molecule has 0 bridgehead atoms. The Balaban J connectivity index is 3.67. The fourth-order valence-electron chi connectivity index (χ4n) is 2.21. The molecule has 0 amide bonds. The summed E-state index contributed by atoms with van der Waals surface area (Å²) in [7, 11) is 0. The fourth-order valence-corrected chi connectivity index (χ4v) is 2.21. The first-order valence-electron chi connectivity index (χ1n) is 7.70. The third kappa shape index (κ3) is 8.06. The summed E-state index contributed by atoms with van der Waals surface area (Å²) in [4.78, 5) is 2.49. The number of nitrogens with one attached hydrogen (secondary N) is 1. The van der Waals surface area contributed by atoms with Gasteiger partial charge in [0.05, 0.1) is 0 Å². The molecule has 18 heavy (non-hydrogen) atoms. The maximum absolute atomic E-state index is 5.79. The first kappa shape index (κ1) is 17.9. The molecule has 0 aliphatic carbocycles. The van der Waals surface area contributed by atoms with E-state index in [0.717, 1.165) is 13.1 Å². The molecular weight excluding hydrogens is 222 g/mol. The zero-order chi connectivity index (χ0) is 14.0. The average Bonchev–Trinajstić information content (AvgIpc) is 2.35. The van der Waals surface area contributed by atoms with Crippen molar-refractivity contribution < 1.29 is 0 Å². The van der Waals surface area contributed by atoms with Gasteiger partial charge >= 0.3 is 0 Å². The van der Waals surface area contributed by atoms with Crippen LogP contribution in [0.3, 0.4) is 0 Å². The second kappa shape index (κ2) is 10.8. The van der Waals surface area contributed by atoms with Gasteiger partial charge in [-0.05, 0) is 64.3 Å². The molecule has 0 rings (SSSR count). The molecule has 2 unspecified atom stereocenters. The van der Waals surface area contributed by atoms with Crippen molar-refractivity contribution in [2.75, 3.05) is 32.7 Å². The van der Waals surface area contributed by atoms with Gasteiger partial charge in [-0.2, -0.15) is 0 Å². The second-order valence-corrected chi connectivity index (χ2v) is 5.72. The van der Waals surface area contributed by atoms with E-state index < -0.39 is 0 Å². The Morgan fingerprint density at radius 3 is 2.17 bits per heavy atom. The third-order valence-electron chi connectivity index (χ3n) is 3.98. The molecule has 3 heteroatoms. The maximum Gasteiger partial charge on any atom is 0.00393 e. The Hall–Kier alpha value is -0.120. The van der Waals surface area contributed by atoms with Crippen LogP contribution in [0.15, 0.2) is 0 Å². The Labute approximate surface area is 114 Å². The van der Waals surface area contributed by atoms with Gasteiger partial charge in [0.1, 0.15) is 0 Å². The summed E-state index contributed by atoms with van der Waals surface area (Å²) in [6.07, 6.45) is 2.54. The Morgan fingerprint density at radius 2 is 1.72 bits per heavy atom. The lowest BCUT2D eigenvalue weighted by Crippen LogP contribution is -2.36. The van der Waals surface area contributed by atoms with E-state index in [2.05, 4.69) is 44.8 Å². The number of nitrogens with zero attached hydrogens (tertiary/aromatic N) is 1. The van der Waals surface area contributed by atoms with Gasteiger partial charge < -0.3 is 16.0 Å². The van der Waals surface area contributed by atoms with Crippen LogP contribution in [0, 0.1) is 11.8 Å². The van der Waals surface area contributed by atoms with E-state index in [9.17, 15) is 0 Å². The van der Waals surface area contributed by atoms with Crippen LogP contribution >= 0.6 is 0 Å². The van der Waals surface area contributed by atoms with E-state index in [1.54, 1.807) is 0 Å². The highest BCUT2D eigenvalue weighted by molar-refractivity contribution is 4.70. The lowest BCUT2D eigenvalue weighted by molar-refractivity contribution is 0.286. The summed E-state index contributed by atoms with van der Waals surface area (Å²) in [5, 5.41) is 3.63. The first-order valence-corrected chi connectivity index (χ1v) is 7.70. The molecule has 0 saturated carbocycles. The van der Waals surface area contributed by atoms with Crippen molar-refractivity contribution in [3.05, 3.63) is 0 Å². The van der Waals surface area contributed by atoms with E-state index in [1.807, 2.05) is 0 Å². The summed E-state index contributed by atoms with van der Waals surface area (Å²) in [5.74, 6) is 1.28. The minimum atomic E-state index is 0.605. The predicted molar refractivity (Wildman–Crippen MR) is 81.9 cm³/mol. The highest BCUT2D eigenvalue weighted by Gasteiger charge is 2.12. The van der Waals surface area contributed by atoms with Crippen molar-refractivity contribution in [1.82, 2.24) is 10.2 Å². The van der Waals surface area contributed by atoms with Gasteiger partial charge in [0.2, 0.25) is 0 Å². The van der Waals surface area contributed by atoms with Crippen LogP contribution in [0.5, 0.6) is 0 Å². The quantitative estimate of drug-likeness (QED) is 0.597. The summed E-state index contributed by atoms with van der Waals surface area (Å²) in [6.45, 7) is 16.7. The molecule has 110 valence electrons. The Kier molecular flexibility index (Phi) is 10.7. The molecule has 0 aliphatic rings. The van der Waals surface area contributed by atoms with Gasteiger partial charge in [-0.3, -0.25) is 0 Å². The van der Waals surface area contributed by atoms with Crippen molar-refractivity contribution in [2.45, 2.75) is 53.5 Å². The molecular formula is C15H35N3. The SMILES string of the molecule is CCN(CC)CCCC(C)NCC(CN)C(C)C. The number of rotatable bonds is 11. The van der Waals surface area contributed by atoms with Crippen LogP contribution < -0.4 is 11.1 Å². The highest BCUT2D eigenvalue weighted by Crippen LogP contribution is 2.08. The summed E-state index contributed by atoms with van der Waals surface area (Å²) < 4.78 is 0. The van der Waals surface area contributed by atoms with E-state index in [4.69, 9.17) is 5.73 Å². The first-order chi connectivity index (χ1) is 8.54. The summed E-state index contributed by atoms with van der Waals surface area (Å²) in [6, 6.07) is 0.605. The number of hydrogen-bond donors (Lipinski definition) is 2. The average molecular weight is 257 g/mol. The topological polar surface area (TPSA) is 41.3 Å². The third-order valence-corrected chi connectivity index (χ3v) is 3.98. The van der Waals surface area contributed by atoms with Crippen molar-refractivity contribution >= 4 is 0 Å². The molecule has 0 saturated heterocycles. The molecule has 0 fully saturated rings. The zero-order valence-corrected chi connectivity index (χ0v) is 13.2. The largest absolute Gasteiger partial charge is 0.330 e. The molecule has 3 N–H and O–H groups in total. The molecule has 0 aromatic heterocycles. The minimum absolute atomic E-state index is 0.605. The van der Waals surface area contributed by atoms with Crippen molar-refractivity contribution in [3.63, 3.8) is 0 Å². The van der Waals surface area contributed by atoms with Crippen molar-refractivity contribution in [3.8, 4) is 0 Å². The molecule has 0 heterocycles. The van der Waals surface area contributed by atoms with Crippen LogP contribution in [0.4, 0.5) is 0 Å². The summed E-state index contributed by atoms with van der Waals surface area (Å²) in [5.41, 5.74) is 5.79. The van der Waals surface area contributed by atoms with Crippen LogP contribution in [0.2, 0.25) is 0 Å². The molecule has 0 aromatic rings. The molecule has 2 atom stereocenters. The molecule has 3 nitrogen and oxygen atoms in total. The lowest BCUT2D eigenvalue weighted by Gasteiger charge is -2.23. The molecule has 0 radical (unpaired) electrons. The lowest BCUT2D eigenvalue weighted by atomic mass is 9.95. The van der Waals surface area contributed by atoms with Crippen molar-refractivity contribution in [2.24, 2.45) is 17.6 Å². The van der Waals surface area contributed by atoms with E-state index in [1.165, 1.54) is 32.5 Å². The second-order valence-electron chi connectivity index (χ2n) is 5.72. The standard InChI is InChI=1S/C15H35N3/c1-6-18(7-2)10-8-9-14(5)17-12-15(11-16)13(3)4/h13-15,17H,6-12,16H2,1-5H3.